The van der Waals surface area contributed by atoms with Gasteiger partial charge in [-0.25, -0.2) is 9.97 Å². The Bertz CT molecular complexity index is 971. The lowest BCUT2D eigenvalue weighted by atomic mass is 10.0. The van der Waals surface area contributed by atoms with Crippen LogP contribution >= 0.6 is 11.8 Å². The van der Waals surface area contributed by atoms with Crippen LogP contribution in [0.3, 0.4) is 0 Å². The molecule has 0 unspecified atom stereocenters. The Balaban J connectivity index is 2.05. The fourth-order valence-electron chi connectivity index (χ4n) is 2.74. The molecule has 0 fully saturated rings. The Morgan fingerprint density at radius 3 is 2.22 bits per heavy atom. The van der Waals surface area contributed by atoms with Crippen molar-refractivity contribution >= 4 is 23.3 Å². The van der Waals surface area contributed by atoms with Crippen LogP contribution in [0.5, 0.6) is 0 Å². The van der Waals surface area contributed by atoms with Gasteiger partial charge in [0.1, 0.15) is 11.6 Å². The first-order valence-corrected chi connectivity index (χ1v) is 10.0. The number of thioether (sulfide) groups is 1. The highest BCUT2D eigenvalue weighted by atomic mass is 32.2. The standard InChI is InChI=1S/C22H22N4S/c1-14(2)16-9-11-18(12-10-16)24-21-19(13-23)20(25-22(26-21)27-4)17-7-5-15(3)6-8-17/h5-12,14H,1-4H3,(H,24,25,26). The maximum atomic E-state index is 9.80. The van der Waals surface area contributed by atoms with Crippen molar-refractivity contribution in [1.82, 2.24) is 9.97 Å². The van der Waals surface area contributed by atoms with Crippen LogP contribution in [0.2, 0.25) is 0 Å². The van der Waals surface area contributed by atoms with E-state index in [9.17, 15) is 5.26 Å². The van der Waals surface area contributed by atoms with Gasteiger partial charge in [-0.15, -0.1) is 0 Å². The van der Waals surface area contributed by atoms with Crippen molar-refractivity contribution in [2.75, 3.05) is 11.6 Å². The molecule has 27 heavy (non-hydrogen) atoms. The lowest BCUT2D eigenvalue weighted by Crippen LogP contribution is -2.03. The first kappa shape index (κ1) is 18.9. The minimum atomic E-state index is 0.449. The van der Waals surface area contributed by atoms with Crippen molar-refractivity contribution in [3.8, 4) is 17.3 Å². The van der Waals surface area contributed by atoms with Crippen molar-refractivity contribution in [3.05, 3.63) is 65.2 Å². The second kappa shape index (κ2) is 8.24. The fraction of sp³-hybridized carbons (Fsp3) is 0.227. The topological polar surface area (TPSA) is 61.6 Å². The number of anilines is 2. The van der Waals surface area contributed by atoms with Gasteiger partial charge in [0, 0.05) is 11.3 Å². The molecule has 1 heterocycles. The van der Waals surface area contributed by atoms with E-state index >= 15 is 0 Å². The summed E-state index contributed by atoms with van der Waals surface area (Å²) in [6.45, 7) is 6.37. The molecule has 0 saturated carbocycles. The Morgan fingerprint density at radius 2 is 1.67 bits per heavy atom. The second-order valence-corrected chi connectivity index (χ2v) is 7.44. The van der Waals surface area contributed by atoms with E-state index in [1.165, 1.54) is 22.9 Å². The van der Waals surface area contributed by atoms with Crippen molar-refractivity contribution in [2.24, 2.45) is 0 Å². The van der Waals surface area contributed by atoms with E-state index in [1.807, 2.05) is 49.6 Å². The van der Waals surface area contributed by atoms with E-state index < -0.39 is 0 Å². The molecule has 3 rings (SSSR count). The quantitative estimate of drug-likeness (QED) is 0.444. The van der Waals surface area contributed by atoms with Crippen LogP contribution in [0.15, 0.2) is 53.7 Å². The van der Waals surface area contributed by atoms with E-state index in [0.29, 0.717) is 28.1 Å². The van der Waals surface area contributed by atoms with Crippen molar-refractivity contribution in [2.45, 2.75) is 31.8 Å². The molecular formula is C22H22N4S. The van der Waals surface area contributed by atoms with E-state index in [0.717, 1.165) is 11.3 Å². The summed E-state index contributed by atoms with van der Waals surface area (Å²) in [6, 6.07) is 18.5. The van der Waals surface area contributed by atoms with Crippen LogP contribution in [0, 0.1) is 18.3 Å². The van der Waals surface area contributed by atoms with E-state index in [-0.39, 0.29) is 0 Å². The van der Waals surface area contributed by atoms with Crippen LogP contribution in [0.4, 0.5) is 11.5 Å². The maximum absolute atomic E-state index is 9.80. The largest absolute Gasteiger partial charge is 0.339 e. The molecule has 1 aromatic heterocycles. The molecule has 0 amide bonds. The summed E-state index contributed by atoms with van der Waals surface area (Å²) < 4.78 is 0. The second-order valence-electron chi connectivity index (χ2n) is 6.66. The SMILES string of the molecule is CSc1nc(Nc2ccc(C(C)C)cc2)c(C#N)c(-c2ccc(C)cc2)n1. The van der Waals surface area contributed by atoms with Crippen LogP contribution in [-0.2, 0) is 0 Å². The summed E-state index contributed by atoms with van der Waals surface area (Å²) in [6.07, 6.45) is 1.93. The van der Waals surface area contributed by atoms with Gasteiger partial charge in [-0.2, -0.15) is 5.26 Å². The number of rotatable bonds is 5. The fourth-order valence-corrected chi connectivity index (χ4v) is 3.10. The van der Waals surface area contributed by atoms with E-state index in [1.54, 1.807) is 0 Å². The first-order valence-electron chi connectivity index (χ1n) is 8.82. The van der Waals surface area contributed by atoms with Crippen molar-refractivity contribution in [3.63, 3.8) is 0 Å². The summed E-state index contributed by atoms with van der Waals surface area (Å²) >= 11 is 1.46. The molecule has 0 aliphatic carbocycles. The van der Waals surface area contributed by atoms with Gasteiger partial charge in [-0.05, 0) is 36.8 Å². The van der Waals surface area contributed by atoms with Crippen LogP contribution in [-0.4, -0.2) is 16.2 Å². The lowest BCUT2D eigenvalue weighted by Gasteiger charge is -2.13. The summed E-state index contributed by atoms with van der Waals surface area (Å²) in [5.41, 5.74) is 5.35. The third-order valence-electron chi connectivity index (χ3n) is 4.35. The minimum Gasteiger partial charge on any atom is -0.339 e. The zero-order chi connectivity index (χ0) is 19.4. The number of hydrogen-bond acceptors (Lipinski definition) is 5. The Hall–Kier alpha value is -2.84. The van der Waals surface area contributed by atoms with Gasteiger partial charge in [-0.3, -0.25) is 0 Å². The average Bonchev–Trinajstić information content (AvgIpc) is 2.68. The normalized spacial score (nSPS) is 10.7. The van der Waals surface area contributed by atoms with Gasteiger partial charge < -0.3 is 5.32 Å². The van der Waals surface area contributed by atoms with E-state index in [4.69, 9.17) is 0 Å². The zero-order valence-corrected chi connectivity index (χ0v) is 16.8. The lowest BCUT2D eigenvalue weighted by molar-refractivity contribution is 0.867. The van der Waals surface area contributed by atoms with Gasteiger partial charge in [0.15, 0.2) is 11.0 Å². The summed E-state index contributed by atoms with van der Waals surface area (Å²) in [7, 11) is 0. The predicted molar refractivity (Wildman–Crippen MR) is 113 cm³/mol. The molecule has 1 N–H and O–H groups in total. The highest BCUT2D eigenvalue weighted by Gasteiger charge is 2.16. The molecule has 0 bridgehead atoms. The monoisotopic (exact) mass is 374 g/mol. The Kier molecular flexibility index (Phi) is 5.78. The Labute approximate surface area is 164 Å². The summed E-state index contributed by atoms with van der Waals surface area (Å²) in [4.78, 5) is 9.13. The third kappa shape index (κ3) is 4.29. The molecule has 0 saturated heterocycles. The third-order valence-corrected chi connectivity index (χ3v) is 4.90. The molecule has 0 spiro atoms. The molecule has 3 aromatic rings. The zero-order valence-electron chi connectivity index (χ0n) is 15.9. The van der Waals surface area contributed by atoms with Crippen LogP contribution in [0.1, 0.15) is 36.5 Å². The first-order chi connectivity index (χ1) is 13.0. The number of nitrogens with zero attached hydrogens (tertiary/aromatic N) is 3. The van der Waals surface area contributed by atoms with Crippen molar-refractivity contribution < 1.29 is 0 Å². The van der Waals surface area contributed by atoms with Gasteiger partial charge in [0.05, 0.1) is 5.69 Å². The van der Waals surface area contributed by atoms with Crippen molar-refractivity contribution in [1.29, 1.82) is 5.26 Å². The molecule has 2 aromatic carbocycles. The number of aryl methyl sites for hydroxylation is 1. The van der Waals surface area contributed by atoms with Crippen LogP contribution < -0.4 is 5.32 Å². The molecule has 0 atom stereocenters. The number of nitrogens with one attached hydrogen (secondary N) is 1. The number of nitriles is 1. The number of aromatic nitrogens is 2. The molecule has 4 nitrogen and oxygen atoms in total. The minimum absolute atomic E-state index is 0.449. The van der Waals surface area contributed by atoms with E-state index in [2.05, 4.69) is 47.3 Å². The van der Waals surface area contributed by atoms with Gasteiger partial charge in [0.2, 0.25) is 0 Å². The predicted octanol–water partition coefficient (Wildman–Crippen LogP) is 5.91. The highest BCUT2D eigenvalue weighted by molar-refractivity contribution is 7.98. The maximum Gasteiger partial charge on any atom is 0.189 e. The molecule has 136 valence electrons. The molecule has 0 aliphatic heterocycles. The number of hydrogen-bond donors (Lipinski definition) is 1. The summed E-state index contributed by atoms with van der Waals surface area (Å²) in [5.74, 6) is 1.01. The number of benzene rings is 2. The average molecular weight is 375 g/mol. The molecular weight excluding hydrogens is 352 g/mol. The summed E-state index contributed by atoms with van der Waals surface area (Å²) in [5, 5.41) is 13.7. The van der Waals surface area contributed by atoms with Gasteiger partial charge in [-0.1, -0.05) is 67.6 Å². The van der Waals surface area contributed by atoms with Crippen LogP contribution in [0.25, 0.3) is 11.3 Å². The highest BCUT2D eigenvalue weighted by Crippen LogP contribution is 2.30. The smallest absolute Gasteiger partial charge is 0.189 e. The van der Waals surface area contributed by atoms with Gasteiger partial charge >= 0.3 is 0 Å². The molecule has 0 aliphatic rings. The Morgan fingerprint density at radius 1 is 1.00 bits per heavy atom. The molecule has 0 radical (unpaired) electrons. The van der Waals surface area contributed by atoms with Gasteiger partial charge in [0.25, 0.3) is 0 Å². The molecule has 5 heteroatoms.